The predicted molar refractivity (Wildman–Crippen MR) is 62.1 cm³/mol. The molecule has 0 aromatic carbocycles. The number of piperazine rings is 1. The Morgan fingerprint density at radius 1 is 1.07 bits per heavy atom. The summed E-state index contributed by atoms with van der Waals surface area (Å²) >= 11 is 0. The second kappa shape index (κ2) is 4.81. The van der Waals surface area contributed by atoms with Crippen molar-refractivity contribution in [2.24, 2.45) is 0 Å². The van der Waals surface area contributed by atoms with E-state index in [0.717, 1.165) is 13.2 Å². The fraction of sp³-hybridized carbons (Fsp3) is 1.00. The highest BCUT2D eigenvalue weighted by Crippen LogP contribution is 2.31. The van der Waals surface area contributed by atoms with E-state index in [4.69, 9.17) is 4.74 Å². The molecule has 0 amide bonds. The molecule has 0 spiro atoms. The topological polar surface area (TPSA) is 15.7 Å². The molecule has 0 aliphatic carbocycles. The van der Waals surface area contributed by atoms with Crippen LogP contribution in [0.1, 0.15) is 26.2 Å². The summed E-state index contributed by atoms with van der Waals surface area (Å²) in [4.78, 5) is 5.15. The van der Waals surface area contributed by atoms with Crippen molar-refractivity contribution in [1.29, 1.82) is 0 Å². The smallest absolute Gasteiger partial charge is 0.0483 e. The van der Waals surface area contributed by atoms with Gasteiger partial charge in [-0.1, -0.05) is 6.92 Å². The molecule has 0 N–H and O–H groups in total. The molecule has 88 valence electrons. The quantitative estimate of drug-likeness (QED) is 0.684. The maximum Gasteiger partial charge on any atom is 0.0483 e. The van der Waals surface area contributed by atoms with Crippen LogP contribution in [0.15, 0.2) is 0 Å². The number of ether oxygens (including phenoxy) is 1. The fourth-order valence-electron chi connectivity index (χ4n) is 2.93. The molecular weight excluding hydrogens is 188 g/mol. The van der Waals surface area contributed by atoms with Crippen molar-refractivity contribution >= 4 is 0 Å². The van der Waals surface area contributed by atoms with Gasteiger partial charge in [0.2, 0.25) is 0 Å². The largest absolute Gasteiger partial charge is 0.381 e. The van der Waals surface area contributed by atoms with Gasteiger partial charge < -0.3 is 9.64 Å². The summed E-state index contributed by atoms with van der Waals surface area (Å²) in [5, 5.41) is 0. The average Bonchev–Trinajstić information content (AvgIpc) is 2.31. The molecule has 2 aliphatic rings. The third-order valence-corrected chi connectivity index (χ3v) is 4.26. The van der Waals surface area contributed by atoms with Gasteiger partial charge >= 0.3 is 0 Å². The second-order valence-electron chi connectivity index (χ2n) is 4.98. The molecule has 2 aliphatic heterocycles. The van der Waals surface area contributed by atoms with Crippen LogP contribution in [-0.4, -0.2) is 61.8 Å². The first kappa shape index (κ1) is 11.4. The Kier molecular flexibility index (Phi) is 3.65. The summed E-state index contributed by atoms with van der Waals surface area (Å²) in [7, 11) is 2.22. The van der Waals surface area contributed by atoms with E-state index in [1.54, 1.807) is 0 Å². The average molecular weight is 212 g/mol. The second-order valence-corrected chi connectivity index (χ2v) is 4.98. The van der Waals surface area contributed by atoms with Crippen molar-refractivity contribution in [3.05, 3.63) is 0 Å². The Hall–Kier alpha value is -0.120. The summed E-state index contributed by atoms with van der Waals surface area (Å²) in [6.07, 6.45) is 3.74. The first-order chi connectivity index (χ1) is 7.27. The highest BCUT2D eigenvalue weighted by Gasteiger charge is 2.37. The van der Waals surface area contributed by atoms with Crippen LogP contribution in [0, 0.1) is 0 Å². The molecule has 0 unspecified atom stereocenters. The molecule has 0 bridgehead atoms. The number of hydrogen-bond acceptors (Lipinski definition) is 3. The number of likely N-dealkylation sites (N-methyl/N-ethyl adjacent to an activating group) is 1. The van der Waals surface area contributed by atoms with Gasteiger partial charge in [0, 0.05) is 44.9 Å². The minimum atomic E-state index is 0.458. The highest BCUT2D eigenvalue weighted by molar-refractivity contribution is 4.93. The van der Waals surface area contributed by atoms with Crippen LogP contribution in [0.25, 0.3) is 0 Å². The zero-order valence-corrected chi connectivity index (χ0v) is 10.2. The lowest BCUT2D eigenvalue weighted by Gasteiger charge is -2.49. The highest BCUT2D eigenvalue weighted by atomic mass is 16.5. The van der Waals surface area contributed by atoms with E-state index >= 15 is 0 Å². The lowest BCUT2D eigenvalue weighted by atomic mass is 9.85. The van der Waals surface area contributed by atoms with Crippen LogP contribution in [-0.2, 0) is 4.74 Å². The number of hydrogen-bond donors (Lipinski definition) is 0. The van der Waals surface area contributed by atoms with Gasteiger partial charge in [-0.15, -0.1) is 0 Å². The van der Waals surface area contributed by atoms with E-state index in [0.29, 0.717) is 5.54 Å². The van der Waals surface area contributed by atoms with E-state index < -0.39 is 0 Å². The molecule has 0 saturated carbocycles. The van der Waals surface area contributed by atoms with E-state index in [1.807, 2.05) is 0 Å². The first-order valence-corrected chi connectivity index (χ1v) is 6.28. The minimum absolute atomic E-state index is 0.458. The van der Waals surface area contributed by atoms with Crippen LogP contribution in [0.5, 0.6) is 0 Å². The van der Waals surface area contributed by atoms with Gasteiger partial charge in [-0.25, -0.2) is 0 Å². The van der Waals surface area contributed by atoms with Gasteiger partial charge in [0.1, 0.15) is 0 Å². The molecule has 2 fully saturated rings. The Morgan fingerprint density at radius 2 is 1.67 bits per heavy atom. The summed E-state index contributed by atoms with van der Waals surface area (Å²) in [5.41, 5.74) is 0.458. The Balaban J connectivity index is 1.98. The maximum absolute atomic E-state index is 5.50. The van der Waals surface area contributed by atoms with E-state index in [2.05, 4.69) is 23.8 Å². The monoisotopic (exact) mass is 212 g/mol. The summed E-state index contributed by atoms with van der Waals surface area (Å²) in [6.45, 7) is 9.18. The molecule has 3 heteroatoms. The third kappa shape index (κ3) is 2.35. The third-order valence-electron chi connectivity index (χ3n) is 4.26. The van der Waals surface area contributed by atoms with Crippen LogP contribution < -0.4 is 0 Å². The maximum atomic E-state index is 5.50. The van der Waals surface area contributed by atoms with Crippen molar-refractivity contribution in [1.82, 2.24) is 9.80 Å². The van der Waals surface area contributed by atoms with Gasteiger partial charge in [-0.05, 0) is 26.3 Å². The standard InChI is InChI=1S/C12H24N2O/c1-3-12(4-10-15-11-5-12)14-8-6-13(2)7-9-14/h3-11H2,1-2H3. The zero-order valence-electron chi connectivity index (χ0n) is 10.2. The van der Waals surface area contributed by atoms with Gasteiger partial charge in [0.25, 0.3) is 0 Å². The van der Waals surface area contributed by atoms with E-state index in [1.165, 1.54) is 45.4 Å². The van der Waals surface area contributed by atoms with Crippen molar-refractivity contribution in [2.75, 3.05) is 46.4 Å². The van der Waals surface area contributed by atoms with Gasteiger partial charge in [0.05, 0.1) is 0 Å². The van der Waals surface area contributed by atoms with Crippen molar-refractivity contribution in [2.45, 2.75) is 31.7 Å². The number of nitrogens with zero attached hydrogens (tertiary/aromatic N) is 2. The molecule has 2 rings (SSSR count). The normalized spacial score (nSPS) is 29.2. The Bertz CT molecular complexity index is 194. The molecule has 2 saturated heterocycles. The van der Waals surface area contributed by atoms with Crippen LogP contribution in [0.4, 0.5) is 0 Å². The lowest BCUT2D eigenvalue weighted by Crippen LogP contribution is -2.58. The Labute approximate surface area is 93.4 Å². The summed E-state index contributed by atoms with van der Waals surface area (Å²) in [6, 6.07) is 0. The van der Waals surface area contributed by atoms with Gasteiger partial charge in [-0.2, -0.15) is 0 Å². The Morgan fingerprint density at radius 3 is 2.20 bits per heavy atom. The molecule has 0 aromatic heterocycles. The molecule has 2 heterocycles. The molecule has 3 nitrogen and oxygen atoms in total. The summed E-state index contributed by atoms with van der Waals surface area (Å²) < 4.78 is 5.50. The van der Waals surface area contributed by atoms with Crippen molar-refractivity contribution in [3.8, 4) is 0 Å². The van der Waals surface area contributed by atoms with Crippen molar-refractivity contribution < 1.29 is 4.74 Å². The zero-order chi connectivity index (χ0) is 10.7. The molecule has 15 heavy (non-hydrogen) atoms. The molecule has 0 aromatic rings. The summed E-state index contributed by atoms with van der Waals surface area (Å²) in [5.74, 6) is 0. The van der Waals surface area contributed by atoms with Crippen molar-refractivity contribution in [3.63, 3.8) is 0 Å². The first-order valence-electron chi connectivity index (χ1n) is 6.28. The fourth-order valence-corrected chi connectivity index (χ4v) is 2.93. The predicted octanol–water partition coefficient (Wildman–Crippen LogP) is 1.19. The van der Waals surface area contributed by atoms with E-state index in [9.17, 15) is 0 Å². The number of rotatable bonds is 2. The SMILES string of the molecule is CCC1(N2CCN(C)CC2)CCOCC1. The van der Waals surface area contributed by atoms with Gasteiger partial charge in [0.15, 0.2) is 0 Å². The molecular formula is C12H24N2O. The van der Waals surface area contributed by atoms with Crippen LogP contribution >= 0.6 is 0 Å². The van der Waals surface area contributed by atoms with Gasteiger partial charge in [-0.3, -0.25) is 4.90 Å². The lowest BCUT2D eigenvalue weighted by molar-refractivity contribution is -0.0466. The molecule has 0 atom stereocenters. The van der Waals surface area contributed by atoms with Crippen LogP contribution in [0.2, 0.25) is 0 Å². The van der Waals surface area contributed by atoms with Crippen LogP contribution in [0.3, 0.4) is 0 Å². The minimum Gasteiger partial charge on any atom is -0.381 e. The van der Waals surface area contributed by atoms with E-state index in [-0.39, 0.29) is 0 Å². The molecule has 0 radical (unpaired) electrons.